The molecule has 1 saturated heterocycles. The van der Waals surface area contributed by atoms with Crippen LogP contribution in [0.4, 0.5) is 4.79 Å². The van der Waals surface area contributed by atoms with Crippen LogP contribution in [-0.2, 0) is 16.1 Å². The number of halogens is 1. The number of furan rings is 1. The van der Waals surface area contributed by atoms with E-state index in [1.807, 2.05) is 0 Å². The topological polar surface area (TPSA) is 88.9 Å². The molecule has 1 fully saturated rings. The average molecular weight is 361 g/mol. The number of hydrogen-bond donors (Lipinski definition) is 1. The number of ether oxygens (including phenoxy) is 1. The number of methoxy groups -OCH3 is 1. The Morgan fingerprint density at radius 3 is 2.84 bits per heavy atom. The van der Waals surface area contributed by atoms with Crippen LogP contribution in [0, 0.1) is 0 Å². The van der Waals surface area contributed by atoms with Crippen LogP contribution in [-0.4, -0.2) is 29.9 Å². The van der Waals surface area contributed by atoms with E-state index in [2.05, 4.69) is 10.1 Å². The van der Waals surface area contributed by atoms with Crippen LogP contribution in [0.15, 0.2) is 46.5 Å². The number of rotatable bonds is 4. The van der Waals surface area contributed by atoms with Crippen LogP contribution in [0.2, 0.25) is 5.02 Å². The number of carbonyl (C=O) groups excluding carboxylic acids is 3. The van der Waals surface area contributed by atoms with Gasteiger partial charge in [-0.05, 0) is 35.9 Å². The summed E-state index contributed by atoms with van der Waals surface area (Å²) in [5.74, 6) is -0.849. The maximum Gasteiger partial charge on any atom is 0.373 e. The Bertz CT molecular complexity index is 887. The Morgan fingerprint density at radius 2 is 2.12 bits per heavy atom. The zero-order valence-corrected chi connectivity index (χ0v) is 13.9. The van der Waals surface area contributed by atoms with Gasteiger partial charge >= 0.3 is 12.0 Å². The highest BCUT2D eigenvalue weighted by molar-refractivity contribution is 6.30. The van der Waals surface area contributed by atoms with Crippen molar-refractivity contribution >= 4 is 35.6 Å². The zero-order valence-electron chi connectivity index (χ0n) is 13.1. The number of urea groups is 1. The summed E-state index contributed by atoms with van der Waals surface area (Å²) in [6.07, 6.45) is 1.54. The molecule has 1 aliphatic rings. The monoisotopic (exact) mass is 360 g/mol. The molecule has 0 unspecified atom stereocenters. The highest BCUT2D eigenvalue weighted by Gasteiger charge is 2.34. The van der Waals surface area contributed by atoms with E-state index in [-0.39, 0.29) is 23.8 Å². The number of carbonyl (C=O) groups is 3. The minimum atomic E-state index is -0.634. The first-order valence-electron chi connectivity index (χ1n) is 7.25. The Hall–Kier alpha value is -3.06. The van der Waals surface area contributed by atoms with Crippen molar-refractivity contribution < 1.29 is 23.5 Å². The molecule has 0 aliphatic carbocycles. The van der Waals surface area contributed by atoms with Gasteiger partial charge in [0.1, 0.15) is 11.5 Å². The number of imide groups is 1. The summed E-state index contributed by atoms with van der Waals surface area (Å²) in [4.78, 5) is 36.8. The molecule has 2 heterocycles. The number of benzene rings is 1. The van der Waals surface area contributed by atoms with Crippen molar-refractivity contribution in [2.45, 2.75) is 6.54 Å². The SMILES string of the molecule is COC(=O)c1ccc(CN2C(=O)NC(=Cc3cccc(Cl)c3)C2=O)o1. The van der Waals surface area contributed by atoms with Crippen molar-refractivity contribution in [1.29, 1.82) is 0 Å². The molecule has 0 atom stereocenters. The molecule has 1 aromatic carbocycles. The van der Waals surface area contributed by atoms with Crippen molar-refractivity contribution in [3.63, 3.8) is 0 Å². The fourth-order valence-electron chi connectivity index (χ4n) is 2.31. The molecule has 3 amide bonds. The second kappa shape index (κ2) is 6.82. The highest BCUT2D eigenvalue weighted by Crippen LogP contribution is 2.19. The Balaban J connectivity index is 1.77. The maximum atomic E-state index is 12.4. The van der Waals surface area contributed by atoms with Crippen LogP contribution in [0.25, 0.3) is 6.08 Å². The quantitative estimate of drug-likeness (QED) is 0.514. The molecule has 1 aromatic heterocycles. The van der Waals surface area contributed by atoms with E-state index in [1.54, 1.807) is 24.3 Å². The van der Waals surface area contributed by atoms with Gasteiger partial charge in [-0.3, -0.25) is 9.69 Å². The normalized spacial score (nSPS) is 15.6. The fraction of sp³-hybridized carbons (Fsp3) is 0.118. The van der Waals surface area contributed by atoms with Crippen molar-refractivity contribution in [3.8, 4) is 0 Å². The summed E-state index contributed by atoms with van der Waals surface area (Å²) in [6.45, 7) is -0.103. The number of nitrogens with one attached hydrogen (secondary N) is 1. The average Bonchev–Trinajstić information content (AvgIpc) is 3.15. The number of esters is 1. The summed E-state index contributed by atoms with van der Waals surface area (Å²) in [5, 5.41) is 3.03. The molecule has 8 heteroatoms. The lowest BCUT2D eigenvalue weighted by Crippen LogP contribution is -2.30. The number of nitrogens with zero attached hydrogens (tertiary/aromatic N) is 1. The standard InChI is InChI=1S/C17H13ClN2O5/c1-24-16(22)14-6-5-12(25-14)9-20-15(21)13(19-17(20)23)8-10-3-2-4-11(18)7-10/h2-8H,9H2,1H3,(H,19,23). The van der Waals surface area contributed by atoms with Gasteiger partial charge in [-0.2, -0.15) is 0 Å². The summed E-state index contributed by atoms with van der Waals surface area (Å²) < 4.78 is 9.82. The van der Waals surface area contributed by atoms with E-state index in [4.69, 9.17) is 16.0 Å². The van der Waals surface area contributed by atoms with E-state index >= 15 is 0 Å². The zero-order chi connectivity index (χ0) is 18.0. The van der Waals surface area contributed by atoms with Crippen LogP contribution in [0.5, 0.6) is 0 Å². The molecular formula is C17H13ClN2O5. The van der Waals surface area contributed by atoms with Gasteiger partial charge in [0.15, 0.2) is 0 Å². The van der Waals surface area contributed by atoms with Gasteiger partial charge in [-0.15, -0.1) is 0 Å². The van der Waals surface area contributed by atoms with Crippen molar-refractivity contribution in [2.24, 2.45) is 0 Å². The Labute approximate surface area is 147 Å². The Kier molecular flexibility index (Phi) is 4.58. The molecule has 0 bridgehead atoms. The number of amides is 3. The maximum absolute atomic E-state index is 12.4. The van der Waals surface area contributed by atoms with Crippen LogP contribution in [0.3, 0.4) is 0 Å². The van der Waals surface area contributed by atoms with Crippen molar-refractivity contribution in [2.75, 3.05) is 7.11 Å². The van der Waals surface area contributed by atoms with Crippen LogP contribution >= 0.6 is 11.6 Å². The molecule has 128 valence electrons. The lowest BCUT2D eigenvalue weighted by molar-refractivity contribution is -0.123. The third kappa shape index (κ3) is 3.56. The lowest BCUT2D eigenvalue weighted by Gasteiger charge is -2.09. The lowest BCUT2D eigenvalue weighted by atomic mass is 10.2. The first-order chi connectivity index (χ1) is 12.0. The van der Waals surface area contributed by atoms with E-state index in [1.165, 1.54) is 25.3 Å². The predicted molar refractivity (Wildman–Crippen MR) is 88.6 cm³/mol. The van der Waals surface area contributed by atoms with E-state index in [9.17, 15) is 14.4 Å². The van der Waals surface area contributed by atoms with Gasteiger partial charge in [0.25, 0.3) is 5.91 Å². The summed E-state index contributed by atoms with van der Waals surface area (Å²) in [5.41, 5.74) is 0.816. The van der Waals surface area contributed by atoms with Gasteiger partial charge in [-0.1, -0.05) is 23.7 Å². The third-order valence-electron chi connectivity index (χ3n) is 3.48. The third-order valence-corrected chi connectivity index (χ3v) is 3.72. The largest absolute Gasteiger partial charge is 0.463 e. The smallest absolute Gasteiger partial charge is 0.373 e. The molecule has 1 aliphatic heterocycles. The Morgan fingerprint density at radius 1 is 1.32 bits per heavy atom. The first-order valence-corrected chi connectivity index (χ1v) is 7.63. The van der Waals surface area contributed by atoms with Crippen molar-refractivity contribution in [3.05, 3.63) is 64.2 Å². The fourth-order valence-corrected chi connectivity index (χ4v) is 2.51. The number of hydrogen-bond acceptors (Lipinski definition) is 5. The van der Waals surface area contributed by atoms with E-state index < -0.39 is 17.9 Å². The van der Waals surface area contributed by atoms with Crippen LogP contribution < -0.4 is 5.32 Å². The molecule has 0 spiro atoms. The summed E-state index contributed by atoms with van der Waals surface area (Å²) in [7, 11) is 1.23. The second-order valence-corrected chi connectivity index (χ2v) is 5.63. The molecule has 1 N–H and O–H groups in total. The molecule has 2 aromatic rings. The highest BCUT2D eigenvalue weighted by atomic mass is 35.5. The van der Waals surface area contributed by atoms with Crippen LogP contribution in [0.1, 0.15) is 21.9 Å². The minimum absolute atomic E-state index is 0.000697. The molecule has 0 radical (unpaired) electrons. The van der Waals surface area contributed by atoms with E-state index in [0.29, 0.717) is 10.6 Å². The minimum Gasteiger partial charge on any atom is -0.463 e. The molecule has 0 saturated carbocycles. The van der Waals surface area contributed by atoms with E-state index in [0.717, 1.165) is 4.90 Å². The molecule has 3 rings (SSSR count). The predicted octanol–water partition coefficient (Wildman–Crippen LogP) is 2.81. The second-order valence-electron chi connectivity index (χ2n) is 5.19. The van der Waals surface area contributed by atoms with Gasteiger partial charge in [0.05, 0.1) is 13.7 Å². The van der Waals surface area contributed by atoms with Gasteiger partial charge in [0.2, 0.25) is 5.76 Å². The van der Waals surface area contributed by atoms with Gasteiger partial charge in [0, 0.05) is 5.02 Å². The first kappa shape index (κ1) is 16.8. The molecule has 7 nitrogen and oxygen atoms in total. The van der Waals surface area contributed by atoms with Gasteiger partial charge in [-0.25, -0.2) is 9.59 Å². The molecular weight excluding hydrogens is 348 g/mol. The summed E-state index contributed by atoms with van der Waals surface area (Å²) >= 11 is 5.91. The van der Waals surface area contributed by atoms with Gasteiger partial charge < -0.3 is 14.5 Å². The van der Waals surface area contributed by atoms with Crippen molar-refractivity contribution in [1.82, 2.24) is 10.2 Å². The molecule has 25 heavy (non-hydrogen) atoms. The summed E-state index contributed by atoms with van der Waals surface area (Å²) in [6, 6.07) is 9.23.